The maximum Gasteiger partial charge on any atom is 0.0482 e. The Morgan fingerprint density at radius 3 is 2.80 bits per heavy atom. The van der Waals surface area contributed by atoms with Crippen LogP contribution in [0.5, 0.6) is 0 Å². The molecule has 2 heterocycles. The smallest absolute Gasteiger partial charge is 0.0482 e. The SMILES string of the molecule is CC(C)(C(N)C1CCCc2cccnc21)N1CCCC1. The minimum absolute atomic E-state index is 0.0628. The minimum atomic E-state index is 0.0628. The first-order valence-electron chi connectivity index (χ1n) is 8.05. The summed E-state index contributed by atoms with van der Waals surface area (Å²) in [5, 5.41) is 0. The van der Waals surface area contributed by atoms with Gasteiger partial charge in [-0.05, 0) is 70.7 Å². The minimum Gasteiger partial charge on any atom is -0.326 e. The molecule has 2 aliphatic rings. The van der Waals surface area contributed by atoms with Gasteiger partial charge in [-0.3, -0.25) is 9.88 Å². The third kappa shape index (κ3) is 2.38. The molecule has 2 N–H and O–H groups in total. The molecule has 0 spiro atoms. The van der Waals surface area contributed by atoms with E-state index in [2.05, 4.69) is 35.9 Å². The standard InChI is InChI=1S/C17H27N3/c1-17(2,20-11-3-4-12-20)16(18)14-9-5-7-13-8-6-10-19-15(13)14/h6,8,10,14,16H,3-5,7,9,11-12,18H2,1-2H3. The number of fused-ring (bicyclic) bond motifs is 1. The molecule has 20 heavy (non-hydrogen) atoms. The number of likely N-dealkylation sites (tertiary alicyclic amines) is 1. The molecule has 2 atom stereocenters. The first-order valence-corrected chi connectivity index (χ1v) is 8.05. The van der Waals surface area contributed by atoms with Crippen molar-refractivity contribution in [2.75, 3.05) is 13.1 Å². The summed E-state index contributed by atoms with van der Waals surface area (Å²) < 4.78 is 0. The Balaban J connectivity index is 1.85. The molecule has 1 aromatic heterocycles. The summed E-state index contributed by atoms with van der Waals surface area (Å²) in [7, 11) is 0. The molecule has 1 aromatic rings. The Bertz CT molecular complexity index is 463. The zero-order valence-electron chi connectivity index (χ0n) is 12.8. The van der Waals surface area contributed by atoms with Gasteiger partial charge in [0.25, 0.3) is 0 Å². The van der Waals surface area contributed by atoms with E-state index in [1.807, 2.05) is 6.20 Å². The molecule has 3 rings (SSSR count). The van der Waals surface area contributed by atoms with Gasteiger partial charge in [-0.25, -0.2) is 0 Å². The van der Waals surface area contributed by atoms with Gasteiger partial charge >= 0.3 is 0 Å². The largest absolute Gasteiger partial charge is 0.326 e. The summed E-state index contributed by atoms with van der Waals surface area (Å²) in [4.78, 5) is 7.24. The quantitative estimate of drug-likeness (QED) is 0.920. The first-order chi connectivity index (χ1) is 9.60. The Morgan fingerprint density at radius 1 is 1.30 bits per heavy atom. The van der Waals surface area contributed by atoms with Crippen molar-refractivity contribution in [1.29, 1.82) is 0 Å². The summed E-state index contributed by atoms with van der Waals surface area (Å²) in [5.74, 6) is 0.413. The van der Waals surface area contributed by atoms with Gasteiger partial charge in [0.15, 0.2) is 0 Å². The molecule has 0 aromatic carbocycles. The molecule has 1 aliphatic carbocycles. The number of rotatable bonds is 3. The maximum atomic E-state index is 6.74. The second-order valence-electron chi connectivity index (χ2n) is 6.92. The Morgan fingerprint density at radius 2 is 2.05 bits per heavy atom. The monoisotopic (exact) mass is 273 g/mol. The number of hydrogen-bond acceptors (Lipinski definition) is 3. The van der Waals surface area contributed by atoms with Crippen LogP contribution < -0.4 is 5.73 Å². The fraction of sp³-hybridized carbons (Fsp3) is 0.706. The van der Waals surface area contributed by atoms with Crippen LogP contribution in [0.1, 0.15) is 56.7 Å². The molecule has 1 aliphatic heterocycles. The molecule has 2 unspecified atom stereocenters. The molecule has 0 radical (unpaired) electrons. The zero-order chi connectivity index (χ0) is 14.2. The van der Waals surface area contributed by atoms with Crippen LogP contribution in [0.25, 0.3) is 0 Å². The van der Waals surface area contributed by atoms with Gasteiger partial charge in [0.05, 0.1) is 0 Å². The predicted octanol–water partition coefficient (Wildman–Crippen LogP) is 2.70. The Hall–Kier alpha value is -0.930. The number of hydrogen-bond donors (Lipinski definition) is 1. The Labute approximate surface area is 122 Å². The van der Waals surface area contributed by atoms with Crippen molar-refractivity contribution >= 4 is 0 Å². The van der Waals surface area contributed by atoms with Crippen LogP contribution >= 0.6 is 0 Å². The van der Waals surface area contributed by atoms with Gasteiger partial charge in [-0.2, -0.15) is 0 Å². The molecule has 110 valence electrons. The number of pyridine rings is 1. The van der Waals surface area contributed by atoms with Gasteiger partial charge < -0.3 is 5.73 Å². The summed E-state index contributed by atoms with van der Waals surface area (Å²) >= 11 is 0. The third-order valence-electron chi connectivity index (χ3n) is 5.41. The van der Waals surface area contributed by atoms with Crippen LogP contribution in [-0.2, 0) is 6.42 Å². The van der Waals surface area contributed by atoms with Crippen LogP contribution in [0, 0.1) is 0 Å². The lowest BCUT2D eigenvalue weighted by Gasteiger charge is -2.44. The zero-order valence-corrected chi connectivity index (χ0v) is 12.8. The summed E-state index contributed by atoms with van der Waals surface area (Å²) in [6, 6.07) is 4.44. The van der Waals surface area contributed by atoms with Crippen LogP contribution in [0.2, 0.25) is 0 Å². The van der Waals surface area contributed by atoms with E-state index in [1.165, 1.54) is 50.0 Å². The Kier molecular flexibility index (Phi) is 3.83. The summed E-state index contributed by atoms with van der Waals surface area (Å²) in [6.45, 7) is 7.03. The van der Waals surface area contributed by atoms with E-state index < -0.39 is 0 Å². The second-order valence-corrected chi connectivity index (χ2v) is 6.92. The number of nitrogens with zero attached hydrogens (tertiary/aromatic N) is 2. The van der Waals surface area contributed by atoms with E-state index in [0.717, 1.165) is 6.42 Å². The molecular formula is C17H27N3. The average molecular weight is 273 g/mol. The van der Waals surface area contributed by atoms with Crippen molar-refractivity contribution in [2.24, 2.45) is 5.73 Å². The van der Waals surface area contributed by atoms with Gasteiger partial charge in [0.2, 0.25) is 0 Å². The molecule has 3 heteroatoms. The number of aryl methyl sites for hydroxylation is 1. The summed E-state index contributed by atoms with van der Waals surface area (Å²) in [5.41, 5.74) is 9.48. The van der Waals surface area contributed by atoms with Gasteiger partial charge in [0, 0.05) is 29.4 Å². The van der Waals surface area contributed by atoms with Gasteiger partial charge in [0.1, 0.15) is 0 Å². The second kappa shape index (κ2) is 5.45. The lowest BCUT2D eigenvalue weighted by molar-refractivity contribution is 0.107. The van der Waals surface area contributed by atoms with E-state index in [0.29, 0.717) is 5.92 Å². The molecule has 0 bridgehead atoms. The highest BCUT2D eigenvalue weighted by atomic mass is 15.2. The summed E-state index contributed by atoms with van der Waals surface area (Å²) in [6.07, 6.45) is 8.14. The first kappa shape index (κ1) is 14.0. The molecule has 0 saturated carbocycles. The predicted molar refractivity (Wildman–Crippen MR) is 82.8 cm³/mol. The van der Waals surface area contributed by atoms with Crippen molar-refractivity contribution in [3.05, 3.63) is 29.6 Å². The van der Waals surface area contributed by atoms with Crippen molar-refractivity contribution in [1.82, 2.24) is 9.88 Å². The molecular weight excluding hydrogens is 246 g/mol. The lowest BCUT2D eigenvalue weighted by Crippen LogP contribution is -2.57. The van der Waals surface area contributed by atoms with E-state index in [4.69, 9.17) is 5.73 Å². The van der Waals surface area contributed by atoms with Crippen LogP contribution in [0.4, 0.5) is 0 Å². The van der Waals surface area contributed by atoms with Gasteiger partial charge in [-0.15, -0.1) is 0 Å². The van der Waals surface area contributed by atoms with E-state index in [9.17, 15) is 0 Å². The lowest BCUT2D eigenvalue weighted by atomic mass is 9.75. The number of aromatic nitrogens is 1. The molecule has 0 amide bonds. The van der Waals surface area contributed by atoms with E-state index in [-0.39, 0.29) is 11.6 Å². The third-order valence-corrected chi connectivity index (χ3v) is 5.41. The fourth-order valence-electron chi connectivity index (χ4n) is 3.99. The molecule has 1 fully saturated rings. The van der Waals surface area contributed by atoms with Crippen LogP contribution in [-0.4, -0.2) is 34.6 Å². The highest BCUT2D eigenvalue weighted by molar-refractivity contribution is 5.28. The van der Waals surface area contributed by atoms with Crippen molar-refractivity contribution in [3.8, 4) is 0 Å². The van der Waals surface area contributed by atoms with Crippen LogP contribution in [0.15, 0.2) is 18.3 Å². The van der Waals surface area contributed by atoms with E-state index in [1.54, 1.807) is 0 Å². The van der Waals surface area contributed by atoms with Crippen molar-refractivity contribution < 1.29 is 0 Å². The highest BCUT2D eigenvalue weighted by Gasteiger charge is 2.40. The van der Waals surface area contributed by atoms with E-state index >= 15 is 0 Å². The van der Waals surface area contributed by atoms with Crippen molar-refractivity contribution in [2.45, 2.75) is 63.5 Å². The van der Waals surface area contributed by atoms with Gasteiger partial charge in [-0.1, -0.05) is 6.07 Å². The molecule has 3 nitrogen and oxygen atoms in total. The normalized spacial score (nSPS) is 25.4. The average Bonchev–Trinajstić information content (AvgIpc) is 3.01. The molecule has 1 saturated heterocycles. The van der Waals surface area contributed by atoms with Crippen LogP contribution in [0.3, 0.4) is 0 Å². The maximum absolute atomic E-state index is 6.74. The fourth-order valence-corrected chi connectivity index (χ4v) is 3.99. The highest BCUT2D eigenvalue weighted by Crippen LogP contribution is 2.37. The van der Waals surface area contributed by atoms with Crippen molar-refractivity contribution in [3.63, 3.8) is 0 Å². The topological polar surface area (TPSA) is 42.1 Å². The number of nitrogens with two attached hydrogens (primary N) is 1.